The number of aromatic nitrogens is 1. The van der Waals surface area contributed by atoms with Crippen molar-refractivity contribution in [3.05, 3.63) is 54.8 Å². The van der Waals surface area contributed by atoms with E-state index in [0.717, 1.165) is 16.6 Å². The predicted molar refractivity (Wildman–Crippen MR) is 77.5 cm³/mol. The second-order valence-electron chi connectivity index (χ2n) is 3.81. The van der Waals surface area contributed by atoms with Crippen LogP contribution in [0.3, 0.4) is 0 Å². The first-order valence-corrected chi connectivity index (χ1v) is 6.91. The van der Waals surface area contributed by atoms with Gasteiger partial charge < -0.3 is 4.74 Å². The minimum absolute atomic E-state index is 0.00324. The number of benzene rings is 1. The molecule has 5 nitrogen and oxygen atoms in total. The van der Waals surface area contributed by atoms with E-state index in [1.807, 2.05) is 0 Å². The van der Waals surface area contributed by atoms with E-state index < -0.39 is 10.7 Å². The number of nitro groups is 1. The Bertz CT molecular complexity index is 695. The largest absolute Gasteiger partial charge is 0.432 e. The van der Waals surface area contributed by atoms with Crippen LogP contribution in [0.2, 0.25) is 0 Å². The summed E-state index contributed by atoms with van der Waals surface area (Å²) in [6, 6.07) is 5.22. The number of ether oxygens (including phenoxy) is 1. The maximum absolute atomic E-state index is 13.5. The van der Waals surface area contributed by atoms with Gasteiger partial charge in [0, 0.05) is 22.7 Å². The third-order valence-corrected chi connectivity index (χ3v) is 3.85. The molecule has 0 amide bonds. The normalized spacial score (nSPS) is 10.4. The van der Waals surface area contributed by atoms with Crippen LogP contribution in [-0.4, -0.2) is 9.91 Å². The maximum atomic E-state index is 13.5. The standard InChI is InChI=1S/C12H7Br2FN2O3/c1-6-7(13)2-3-12(16-6)20-11-5-9(15)8(14)4-10(11)17(18)19/h2-5H,1H3. The number of hydrogen-bond acceptors (Lipinski definition) is 4. The van der Waals surface area contributed by atoms with Gasteiger partial charge in [0.1, 0.15) is 5.82 Å². The highest BCUT2D eigenvalue weighted by atomic mass is 79.9. The fourth-order valence-electron chi connectivity index (χ4n) is 1.43. The molecule has 0 aliphatic heterocycles. The van der Waals surface area contributed by atoms with Gasteiger partial charge in [-0.3, -0.25) is 10.1 Å². The molecule has 2 rings (SSSR count). The molecule has 0 radical (unpaired) electrons. The monoisotopic (exact) mass is 404 g/mol. The van der Waals surface area contributed by atoms with Gasteiger partial charge in [0.2, 0.25) is 11.6 Å². The zero-order valence-corrected chi connectivity index (χ0v) is 13.2. The molecule has 1 heterocycles. The Morgan fingerprint density at radius 3 is 2.60 bits per heavy atom. The van der Waals surface area contributed by atoms with Crippen LogP contribution in [0, 0.1) is 22.9 Å². The molecule has 0 saturated carbocycles. The summed E-state index contributed by atoms with van der Waals surface area (Å²) in [5.41, 5.74) is 0.309. The van der Waals surface area contributed by atoms with Gasteiger partial charge in [0.05, 0.1) is 15.1 Å². The lowest BCUT2D eigenvalue weighted by Gasteiger charge is -2.07. The number of aryl methyl sites for hydroxylation is 1. The highest BCUT2D eigenvalue weighted by Crippen LogP contribution is 2.35. The molecule has 104 valence electrons. The molecule has 0 aliphatic carbocycles. The molecule has 0 unspecified atom stereocenters. The third kappa shape index (κ3) is 3.13. The van der Waals surface area contributed by atoms with Crippen molar-refractivity contribution in [3.63, 3.8) is 0 Å². The Morgan fingerprint density at radius 1 is 1.30 bits per heavy atom. The molecule has 20 heavy (non-hydrogen) atoms. The zero-order valence-electron chi connectivity index (χ0n) is 10.1. The van der Waals surface area contributed by atoms with E-state index in [9.17, 15) is 14.5 Å². The lowest BCUT2D eigenvalue weighted by Crippen LogP contribution is -1.97. The van der Waals surface area contributed by atoms with Crippen LogP contribution in [0.15, 0.2) is 33.2 Å². The Hall–Kier alpha value is -1.54. The van der Waals surface area contributed by atoms with Crippen LogP contribution in [0.1, 0.15) is 5.69 Å². The van der Waals surface area contributed by atoms with Crippen molar-refractivity contribution in [2.75, 3.05) is 0 Å². The lowest BCUT2D eigenvalue weighted by molar-refractivity contribution is -0.385. The number of pyridine rings is 1. The molecule has 0 fully saturated rings. The summed E-state index contributed by atoms with van der Waals surface area (Å²) < 4.78 is 19.6. The van der Waals surface area contributed by atoms with Gasteiger partial charge in [-0.25, -0.2) is 9.37 Å². The van der Waals surface area contributed by atoms with Crippen LogP contribution in [0.4, 0.5) is 10.1 Å². The smallest absolute Gasteiger partial charge is 0.312 e. The lowest BCUT2D eigenvalue weighted by atomic mass is 10.3. The highest BCUT2D eigenvalue weighted by molar-refractivity contribution is 9.10. The highest BCUT2D eigenvalue weighted by Gasteiger charge is 2.20. The van der Waals surface area contributed by atoms with E-state index in [4.69, 9.17) is 4.74 Å². The number of nitro benzene ring substituents is 1. The molecular weight excluding hydrogens is 399 g/mol. The van der Waals surface area contributed by atoms with Crippen molar-refractivity contribution in [3.8, 4) is 11.6 Å². The van der Waals surface area contributed by atoms with E-state index >= 15 is 0 Å². The van der Waals surface area contributed by atoms with Gasteiger partial charge in [-0.05, 0) is 44.8 Å². The van der Waals surface area contributed by atoms with E-state index in [0.29, 0.717) is 5.69 Å². The summed E-state index contributed by atoms with van der Waals surface area (Å²) in [4.78, 5) is 14.4. The molecule has 0 bridgehead atoms. The van der Waals surface area contributed by atoms with E-state index in [1.165, 1.54) is 6.07 Å². The second kappa shape index (κ2) is 5.84. The summed E-state index contributed by atoms with van der Waals surface area (Å²) in [6.45, 7) is 1.74. The van der Waals surface area contributed by atoms with E-state index in [2.05, 4.69) is 36.8 Å². The average molecular weight is 406 g/mol. The quantitative estimate of drug-likeness (QED) is 0.545. The van der Waals surface area contributed by atoms with Gasteiger partial charge in [-0.15, -0.1) is 0 Å². The van der Waals surface area contributed by atoms with Crippen LogP contribution in [0.5, 0.6) is 11.6 Å². The Kier molecular flexibility index (Phi) is 4.34. The number of halogens is 3. The number of hydrogen-bond donors (Lipinski definition) is 0. The number of nitrogens with zero attached hydrogens (tertiary/aromatic N) is 2. The molecule has 1 aromatic heterocycles. The molecule has 0 saturated heterocycles. The van der Waals surface area contributed by atoms with Gasteiger partial charge >= 0.3 is 5.69 Å². The topological polar surface area (TPSA) is 65.3 Å². The molecule has 0 aliphatic rings. The average Bonchev–Trinajstić information content (AvgIpc) is 2.37. The Morgan fingerprint density at radius 2 is 2.00 bits per heavy atom. The van der Waals surface area contributed by atoms with Crippen molar-refractivity contribution >= 4 is 37.5 Å². The number of rotatable bonds is 3. The van der Waals surface area contributed by atoms with Crippen molar-refractivity contribution in [2.45, 2.75) is 6.92 Å². The van der Waals surface area contributed by atoms with Crippen LogP contribution < -0.4 is 4.74 Å². The van der Waals surface area contributed by atoms with Crippen molar-refractivity contribution in [1.82, 2.24) is 4.98 Å². The fourth-order valence-corrected chi connectivity index (χ4v) is 1.99. The third-order valence-electron chi connectivity index (χ3n) is 2.41. The first kappa shape index (κ1) is 14.9. The molecule has 0 atom stereocenters. The molecule has 1 aromatic carbocycles. The van der Waals surface area contributed by atoms with E-state index in [1.54, 1.807) is 13.0 Å². The predicted octanol–water partition coefficient (Wildman–Crippen LogP) is 4.75. The van der Waals surface area contributed by atoms with E-state index in [-0.39, 0.29) is 21.8 Å². The summed E-state index contributed by atoms with van der Waals surface area (Å²) >= 11 is 6.18. The Balaban J connectivity index is 2.44. The van der Waals surface area contributed by atoms with Gasteiger partial charge in [-0.1, -0.05) is 0 Å². The minimum Gasteiger partial charge on any atom is -0.432 e. The van der Waals surface area contributed by atoms with Gasteiger partial charge in [0.15, 0.2) is 0 Å². The summed E-state index contributed by atoms with van der Waals surface area (Å²) in [5, 5.41) is 11.0. The van der Waals surface area contributed by atoms with Crippen molar-refractivity contribution in [1.29, 1.82) is 0 Å². The van der Waals surface area contributed by atoms with Crippen LogP contribution in [0.25, 0.3) is 0 Å². The maximum Gasteiger partial charge on any atom is 0.312 e. The minimum atomic E-state index is -0.653. The second-order valence-corrected chi connectivity index (χ2v) is 5.52. The summed E-state index contributed by atoms with van der Waals surface area (Å²) in [7, 11) is 0. The SMILES string of the molecule is Cc1nc(Oc2cc(F)c(Br)cc2[N+](=O)[O-])ccc1Br. The first-order chi connectivity index (χ1) is 9.38. The summed E-state index contributed by atoms with van der Waals surface area (Å²) in [6.07, 6.45) is 0. The Labute approximate surface area is 130 Å². The molecular formula is C12H7Br2FN2O3. The van der Waals surface area contributed by atoms with Gasteiger partial charge in [-0.2, -0.15) is 0 Å². The van der Waals surface area contributed by atoms with Gasteiger partial charge in [0.25, 0.3) is 0 Å². The zero-order chi connectivity index (χ0) is 14.9. The molecule has 8 heteroatoms. The molecule has 2 aromatic rings. The molecule has 0 N–H and O–H groups in total. The van der Waals surface area contributed by atoms with Crippen LogP contribution >= 0.6 is 31.9 Å². The first-order valence-electron chi connectivity index (χ1n) is 5.33. The van der Waals surface area contributed by atoms with Crippen molar-refractivity contribution in [2.24, 2.45) is 0 Å². The summed E-state index contributed by atoms with van der Waals surface area (Å²) in [5.74, 6) is -0.708. The van der Waals surface area contributed by atoms with Crippen LogP contribution in [-0.2, 0) is 0 Å². The fraction of sp³-hybridized carbons (Fsp3) is 0.0833. The van der Waals surface area contributed by atoms with Crippen molar-refractivity contribution < 1.29 is 14.1 Å². The molecule has 0 spiro atoms.